The summed E-state index contributed by atoms with van der Waals surface area (Å²) >= 11 is 3.03. The van der Waals surface area contributed by atoms with Gasteiger partial charge in [0.05, 0.1) is 116 Å². The molecule has 18 heteroatoms. The van der Waals surface area contributed by atoms with Crippen LogP contribution in [-0.2, 0) is 65.2 Å². The van der Waals surface area contributed by atoms with Crippen LogP contribution in [0.15, 0.2) is 237 Å². The largest absolute Gasteiger partial charge is 2.00 e. The van der Waals surface area contributed by atoms with Gasteiger partial charge in [0.2, 0.25) is 6.71 Å². The van der Waals surface area contributed by atoms with Crippen LogP contribution in [-0.4, -0.2) is 113 Å². The molecule has 0 aromatic heterocycles. The van der Waals surface area contributed by atoms with Crippen molar-refractivity contribution < 1.29 is 65.2 Å². The molecule has 135 heavy (non-hydrogen) atoms. The Morgan fingerprint density at radius 2 is 0.585 bits per heavy atom. The normalized spacial score (nSPS) is 12.1. The predicted molar refractivity (Wildman–Crippen MR) is 637 cm³/mol. The third kappa shape index (κ3) is 35.7. The minimum Gasteiger partial charge on any atom is 0 e. The molecule has 745 valence electrons. The van der Waals surface area contributed by atoms with E-state index in [2.05, 4.69) is 540 Å². The topological polar surface area (TPSA) is 9.72 Å². The van der Waals surface area contributed by atoms with Crippen molar-refractivity contribution in [1.29, 1.82) is 0 Å². The molecule has 0 aliphatic carbocycles. The van der Waals surface area contributed by atoms with Crippen LogP contribution in [0.5, 0.6) is 0 Å². The van der Waals surface area contributed by atoms with Crippen LogP contribution >= 0.6 is 65.6 Å². The van der Waals surface area contributed by atoms with Crippen molar-refractivity contribution in [2.24, 2.45) is 0 Å². The Morgan fingerprint density at radius 3 is 0.896 bits per heavy atom. The van der Waals surface area contributed by atoms with E-state index in [-0.39, 0.29) is 80.0 Å². The van der Waals surface area contributed by atoms with Gasteiger partial charge in [-0.1, -0.05) is 181 Å². The van der Waals surface area contributed by atoms with Gasteiger partial charge in [0.1, 0.15) is 32.0 Å². The zero-order valence-corrected chi connectivity index (χ0v) is 104. The molecule has 5 radical (unpaired) electrons. The molecule has 0 unspecified atom stereocenters. The number of para-hydroxylation sites is 2. The molecule has 0 atom stereocenters. The number of benzene rings is 10. The maximum atomic E-state index is 4.55. The van der Waals surface area contributed by atoms with Crippen LogP contribution in [0.3, 0.4) is 0 Å². The van der Waals surface area contributed by atoms with Gasteiger partial charge in [0.25, 0.3) is 0 Å². The maximum absolute atomic E-state index is 4.55. The molecule has 1 aliphatic rings. The molecule has 0 bridgehead atoms. The molecule has 10 aromatic carbocycles. The maximum Gasteiger partial charge on any atom is 2.00 e. The van der Waals surface area contributed by atoms with Crippen LogP contribution in [0, 0.1) is 64.3 Å². The summed E-state index contributed by atoms with van der Waals surface area (Å²) < 4.78 is 0. The summed E-state index contributed by atoms with van der Waals surface area (Å²) in [5.74, 6) is 0. The van der Waals surface area contributed by atoms with Crippen LogP contribution in [0.4, 0.5) is 28.4 Å². The Hall–Kier alpha value is -2.99. The molecule has 0 N–H and O–H groups in total. The fourth-order valence-corrected chi connectivity index (χ4v) is 49.8. The van der Waals surface area contributed by atoms with E-state index in [0.717, 1.165) is 18.1 Å². The van der Waals surface area contributed by atoms with Crippen molar-refractivity contribution in [2.75, 3.05) is 27.1 Å². The van der Waals surface area contributed by atoms with E-state index in [1.165, 1.54) is 72.3 Å². The number of aryl methyl sites for hydroxylation is 3. The zero-order valence-electron chi connectivity index (χ0n) is 90.8. The van der Waals surface area contributed by atoms with E-state index in [0.29, 0.717) is 83.9 Å². The third-order valence-electron chi connectivity index (χ3n) is 25.3. The van der Waals surface area contributed by atoms with Crippen molar-refractivity contribution in [3.63, 3.8) is 0 Å². The second-order valence-corrected chi connectivity index (χ2v) is 72.8. The van der Waals surface area contributed by atoms with Crippen LogP contribution in [0.2, 0.25) is 0 Å². The molecule has 0 saturated carbocycles. The minimum absolute atomic E-state index is 0. The first kappa shape index (κ1) is 132. The smallest absolute Gasteiger partial charge is 0 e. The van der Waals surface area contributed by atoms with Crippen molar-refractivity contribution >= 4 is 176 Å². The second-order valence-electron chi connectivity index (χ2n) is 43.1. The standard InChI is InChI=1S/C34H48NP2.C31H42P2Si.C24H44BN2P2.C24H28BP.4CH3.ClH.4Co/c1-22(2)36(23(3)4)33-20-27(10)14-17-31(33)35(30-16-13-26(9)19-29(30)12)32-18-15-28(11)21-34(32)37(24(5)6)25(7)8;1-22(2)32(23(3)4)27-17-11-14-20-30(27)34(29-19-13-10-16-26(29)9)31-21-15-12-18-28(31)33(24(5)6)25(7)8;1-21(2,3)28(22(4,5)6)17-26-19-15-13-14-16-20(19)27(25-26)18-29(23(7,8)9)24(10,11)12;1-19(2)26(20(3)4)24-18-12-11-17-23(24)25(21-13-7-5-8-14-21)22-15-9-6-10-16-22;;;;;;;;;/h13-25H,12H2,1-11H3;10-25H,9H2,1-8H3;13-16H,17-18H2,1-12H3;5-20H,1-4H3;4*1H3;1H;;;;/q2*-1;;;4*-1;;;2*+2;+3/p+6. The predicted octanol–water partition coefficient (Wildman–Crippen LogP) is 29.0. The Kier molecular flexibility index (Phi) is 58.7. The van der Waals surface area contributed by atoms with E-state index in [1.54, 1.807) is 36.9 Å². The Labute approximate surface area is 887 Å². The molecule has 1 heterocycles. The molecular formula is C117H181B2ClCo4N3P7Si+7. The van der Waals surface area contributed by atoms with Gasteiger partial charge in [0.15, 0.2) is 0 Å². The molecule has 0 saturated heterocycles. The summed E-state index contributed by atoms with van der Waals surface area (Å²) in [6.07, 6.45) is 2.33. The Balaban J connectivity index is 0.00000174. The van der Waals surface area contributed by atoms with Gasteiger partial charge >= 0.3 is 66.1 Å². The summed E-state index contributed by atoms with van der Waals surface area (Å²) in [5, 5.41) is 14.1. The van der Waals surface area contributed by atoms with Crippen LogP contribution < -0.4 is 73.0 Å². The van der Waals surface area contributed by atoms with Crippen molar-refractivity contribution in [1.82, 2.24) is 0 Å². The van der Waals surface area contributed by atoms with Crippen LogP contribution in [0.25, 0.3) is 0 Å². The molecule has 3 nitrogen and oxygen atoms in total. The molecule has 11 rings (SSSR count). The van der Waals surface area contributed by atoms with Gasteiger partial charge in [0, 0.05) is 72.2 Å². The zero-order chi connectivity index (χ0) is 95.5. The fourth-order valence-electron chi connectivity index (χ4n) is 20.9. The summed E-state index contributed by atoms with van der Waals surface area (Å²) in [4.78, 5) is 7.73. The van der Waals surface area contributed by atoms with E-state index >= 15 is 0 Å². The SMILES string of the molecule is CC(C)(C)[PH+](CN1[B]N(C[PH+](C(C)(C)C)C(C)(C)C)c2ccccc21)C(C)(C)C.CC(C)[PH+](c1ccccc1B(c1ccccc1)c1ccccc1)C(C)C.[CH2-]c1cc(C)ccc1N(c1ccc(C)cc1[PH+](C(C)C)C(C)C)c1ccc(C)cc1[PH+](C(C)C)C(C)C.[CH2-]c1ccccc1[Si](c1ccccc1[PH+](C(C)C)C(C)C)c1ccccc1[PH+](C(C)C)C(C)C.[CH3-].[CH3-].[CH3-].[CH3-].[Cl][Co+2].[Co+2].[Co+2].[Co]. The number of hydrogen-bond donors (Lipinski definition) is 0. The van der Waals surface area contributed by atoms with Gasteiger partial charge in [-0.2, -0.15) is 37.1 Å². The minimum atomic E-state index is -1.20. The number of anilines is 5. The van der Waals surface area contributed by atoms with E-state index in [4.69, 9.17) is 0 Å². The number of rotatable bonds is 28. The molecule has 1 aliphatic heterocycles. The summed E-state index contributed by atoms with van der Waals surface area (Å²) in [7, 11) is 0.614. The van der Waals surface area contributed by atoms with E-state index in [1.807, 2.05) is 0 Å². The van der Waals surface area contributed by atoms with Gasteiger partial charge in [-0.3, -0.25) is 0 Å². The number of halogens is 1. The third-order valence-corrected chi connectivity index (χ3v) is 55.0. The number of nitrogens with zero attached hydrogens (tertiary/aromatic N) is 3. The van der Waals surface area contributed by atoms with E-state index in [9.17, 15) is 0 Å². The molecule has 0 fully saturated rings. The molecule has 0 spiro atoms. The monoisotopic (exact) mass is 2170 g/mol. The van der Waals surface area contributed by atoms with Crippen LogP contribution in [0.1, 0.15) is 249 Å². The van der Waals surface area contributed by atoms with Gasteiger partial charge in [-0.25, -0.2) is 0 Å². The second kappa shape index (κ2) is 60.1. The van der Waals surface area contributed by atoms with Crippen molar-refractivity contribution in [3.05, 3.63) is 308 Å². The molecule has 0 amide bonds. The molecule has 10 aromatic rings. The quantitative estimate of drug-likeness (QED) is 0.0209. The average molecular weight is 2170 g/mol. The number of fused-ring (bicyclic) bond motifs is 1. The van der Waals surface area contributed by atoms with E-state index < -0.39 is 64.2 Å². The number of hydrogen-bond acceptors (Lipinski definition) is 3. The summed E-state index contributed by atoms with van der Waals surface area (Å²) in [6.45, 7) is 93.6. The Morgan fingerprint density at radius 1 is 0.326 bits per heavy atom. The van der Waals surface area contributed by atoms with Crippen molar-refractivity contribution in [3.8, 4) is 0 Å². The van der Waals surface area contributed by atoms with Gasteiger partial charge in [-0.15, -0.1) is 22.9 Å². The first-order valence-electron chi connectivity index (χ1n) is 47.8. The fraction of sp³-hybridized carbons (Fsp3) is 0.436. The average Bonchev–Trinajstić information content (AvgIpc) is 1.58. The first-order valence-corrected chi connectivity index (χ1v) is 62.4. The molecular weight excluding hydrogens is 1990 g/mol. The first-order chi connectivity index (χ1) is 60.0. The van der Waals surface area contributed by atoms with Gasteiger partial charge < -0.3 is 44.2 Å². The van der Waals surface area contributed by atoms with Gasteiger partial charge in [-0.05, 0) is 317 Å². The summed E-state index contributed by atoms with van der Waals surface area (Å²) in [6, 6.07) is 89.1. The summed E-state index contributed by atoms with van der Waals surface area (Å²) in [5.41, 5.74) is 23.9. The van der Waals surface area contributed by atoms with Crippen molar-refractivity contribution in [2.45, 2.75) is 320 Å². The Bertz CT molecular complexity index is 4770.